The van der Waals surface area contributed by atoms with Crippen LogP contribution < -0.4 is 5.32 Å². The molecule has 2 aromatic heterocycles. The molecule has 3 aromatic rings. The molecule has 1 atom stereocenters. The number of hydrogen-bond acceptors (Lipinski definition) is 6. The maximum absolute atomic E-state index is 12.7. The van der Waals surface area contributed by atoms with Crippen molar-refractivity contribution < 1.29 is 14.4 Å². The lowest BCUT2D eigenvalue weighted by Crippen LogP contribution is -2.45. The Kier molecular flexibility index (Phi) is 4.47. The Hall–Kier alpha value is -3.40. The zero-order chi connectivity index (χ0) is 19.8. The minimum absolute atomic E-state index is 0.223. The van der Waals surface area contributed by atoms with E-state index < -0.39 is 23.8 Å². The van der Waals surface area contributed by atoms with Gasteiger partial charge in [0.2, 0.25) is 5.91 Å². The van der Waals surface area contributed by atoms with E-state index in [1.807, 2.05) is 0 Å². The van der Waals surface area contributed by atoms with E-state index in [0.29, 0.717) is 21.5 Å². The van der Waals surface area contributed by atoms with Gasteiger partial charge in [-0.1, -0.05) is 12.1 Å². The van der Waals surface area contributed by atoms with Gasteiger partial charge in [0.25, 0.3) is 17.8 Å². The molecule has 0 radical (unpaired) electrons. The van der Waals surface area contributed by atoms with Crippen LogP contribution >= 0.6 is 15.9 Å². The van der Waals surface area contributed by atoms with Crippen molar-refractivity contribution in [2.24, 2.45) is 0 Å². The predicted octanol–water partition coefficient (Wildman–Crippen LogP) is 2.05. The molecule has 1 N–H and O–H groups in total. The van der Waals surface area contributed by atoms with Crippen LogP contribution in [0.25, 0.3) is 5.95 Å². The number of fused-ring (bicyclic) bond motifs is 1. The number of halogens is 1. The first kappa shape index (κ1) is 18.0. The van der Waals surface area contributed by atoms with Gasteiger partial charge in [-0.2, -0.15) is 0 Å². The molecule has 0 saturated carbocycles. The second-order valence-electron chi connectivity index (χ2n) is 6.01. The van der Waals surface area contributed by atoms with Gasteiger partial charge in [0.05, 0.1) is 21.8 Å². The highest BCUT2D eigenvalue weighted by molar-refractivity contribution is 9.10. The number of imide groups is 1. The molecule has 1 aromatic carbocycles. The van der Waals surface area contributed by atoms with E-state index in [4.69, 9.17) is 0 Å². The zero-order valence-electron chi connectivity index (χ0n) is 14.5. The van der Waals surface area contributed by atoms with Crippen LogP contribution in [0.15, 0.2) is 53.4 Å². The van der Waals surface area contributed by atoms with Crippen LogP contribution in [0, 0.1) is 0 Å². The molecule has 0 aliphatic carbocycles. The summed E-state index contributed by atoms with van der Waals surface area (Å²) in [5.41, 5.74) is 0.581. The normalized spacial score (nSPS) is 14.1. The van der Waals surface area contributed by atoms with E-state index >= 15 is 0 Å². The van der Waals surface area contributed by atoms with Gasteiger partial charge < -0.3 is 5.32 Å². The molecule has 0 spiro atoms. The number of anilines is 1. The molecular formula is C18H13BrN6O3. The summed E-state index contributed by atoms with van der Waals surface area (Å²) in [4.78, 5) is 46.9. The van der Waals surface area contributed by atoms with E-state index in [0.717, 1.165) is 4.90 Å². The van der Waals surface area contributed by atoms with Gasteiger partial charge in [-0.05, 0) is 41.1 Å². The van der Waals surface area contributed by atoms with Crippen LogP contribution in [-0.2, 0) is 4.79 Å². The van der Waals surface area contributed by atoms with Gasteiger partial charge in [-0.25, -0.2) is 14.6 Å². The number of carbonyl (C=O) groups is 3. The van der Waals surface area contributed by atoms with Crippen molar-refractivity contribution in [1.82, 2.24) is 24.6 Å². The molecule has 3 heterocycles. The van der Waals surface area contributed by atoms with E-state index in [1.54, 1.807) is 48.9 Å². The second-order valence-corrected chi connectivity index (χ2v) is 6.86. The molecule has 1 aliphatic heterocycles. The van der Waals surface area contributed by atoms with E-state index in [1.165, 1.54) is 11.6 Å². The molecule has 1 aliphatic rings. The van der Waals surface area contributed by atoms with Crippen molar-refractivity contribution in [2.45, 2.75) is 13.0 Å². The van der Waals surface area contributed by atoms with E-state index in [9.17, 15) is 14.4 Å². The highest BCUT2D eigenvalue weighted by Crippen LogP contribution is 2.26. The highest BCUT2D eigenvalue weighted by atomic mass is 79.9. The monoisotopic (exact) mass is 440 g/mol. The number of carbonyl (C=O) groups excluding carboxylic acids is 3. The lowest BCUT2D eigenvalue weighted by Gasteiger charge is -2.21. The van der Waals surface area contributed by atoms with Gasteiger partial charge in [0.1, 0.15) is 6.04 Å². The first-order valence-electron chi connectivity index (χ1n) is 8.27. The minimum Gasteiger partial charge on any atom is -0.306 e. The third-order valence-electron chi connectivity index (χ3n) is 4.26. The molecule has 0 saturated heterocycles. The summed E-state index contributed by atoms with van der Waals surface area (Å²) >= 11 is 3.32. The average molecular weight is 441 g/mol. The fourth-order valence-corrected chi connectivity index (χ4v) is 3.22. The first-order valence-corrected chi connectivity index (χ1v) is 9.07. The van der Waals surface area contributed by atoms with Crippen molar-refractivity contribution in [3.05, 3.63) is 64.5 Å². The number of aromatic nitrogens is 4. The number of rotatable bonds is 4. The molecule has 0 fully saturated rings. The molecule has 3 amide bonds. The largest absolute Gasteiger partial charge is 0.306 e. The van der Waals surface area contributed by atoms with Gasteiger partial charge >= 0.3 is 0 Å². The maximum atomic E-state index is 12.7. The molecule has 0 bridgehead atoms. The Balaban J connectivity index is 1.54. The van der Waals surface area contributed by atoms with Crippen LogP contribution in [0.5, 0.6) is 0 Å². The Labute approximate surface area is 167 Å². The molecule has 9 nitrogen and oxygen atoms in total. The summed E-state index contributed by atoms with van der Waals surface area (Å²) in [5.74, 6) is -0.983. The fraction of sp³-hybridized carbons (Fsp3) is 0.111. The van der Waals surface area contributed by atoms with Gasteiger partial charge in [0.15, 0.2) is 5.82 Å². The molecule has 28 heavy (non-hydrogen) atoms. The van der Waals surface area contributed by atoms with E-state index in [-0.39, 0.29) is 5.82 Å². The highest BCUT2D eigenvalue weighted by Gasteiger charge is 2.40. The Morgan fingerprint density at radius 2 is 1.68 bits per heavy atom. The van der Waals surface area contributed by atoms with Crippen LogP contribution in [0.2, 0.25) is 0 Å². The summed E-state index contributed by atoms with van der Waals surface area (Å²) in [6.07, 6.45) is 4.73. The molecule has 1 unspecified atom stereocenters. The molecular weight excluding hydrogens is 428 g/mol. The number of hydrogen-bond donors (Lipinski definition) is 1. The Bertz CT molecular complexity index is 1060. The molecule has 140 valence electrons. The summed E-state index contributed by atoms with van der Waals surface area (Å²) in [7, 11) is 0. The fourth-order valence-electron chi connectivity index (χ4n) is 2.85. The van der Waals surface area contributed by atoms with E-state index in [2.05, 4.69) is 36.3 Å². The summed E-state index contributed by atoms with van der Waals surface area (Å²) in [6, 6.07) is 7.14. The number of amides is 3. The SMILES string of the molecule is CC(C(=O)Nc1nn(-c2ncccn2)cc1Br)N1C(=O)c2ccccc2C1=O. The summed E-state index contributed by atoms with van der Waals surface area (Å²) < 4.78 is 1.90. The van der Waals surface area contributed by atoms with Crippen LogP contribution in [-0.4, -0.2) is 48.4 Å². The third kappa shape index (κ3) is 2.97. The van der Waals surface area contributed by atoms with Crippen molar-refractivity contribution in [3.8, 4) is 5.95 Å². The van der Waals surface area contributed by atoms with Crippen LogP contribution in [0.1, 0.15) is 27.6 Å². The smallest absolute Gasteiger partial charge is 0.262 e. The number of nitrogens with zero attached hydrogens (tertiary/aromatic N) is 5. The first-order chi connectivity index (χ1) is 13.5. The van der Waals surface area contributed by atoms with Crippen molar-refractivity contribution in [1.29, 1.82) is 0 Å². The standard InChI is InChI=1S/C18H13BrN6O3/c1-10(25-16(27)11-5-2-3-6-12(11)17(25)28)15(26)22-14-13(19)9-24(23-14)18-20-7-4-8-21-18/h2-10H,1H3,(H,22,23,26). The Morgan fingerprint density at radius 3 is 2.29 bits per heavy atom. The quantitative estimate of drug-likeness (QED) is 0.621. The second kappa shape index (κ2) is 6.97. The lowest BCUT2D eigenvalue weighted by molar-refractivity contribution is -0.119. The average Bonchev–Trinajstić information content (AvgIpc) is 3.20. The third-order valence-corrected chi connectivity index (χ3v) is 4.84. The lowest BCUT2D eigenvalue weighted by atomic mass is 10.1. The van der Waals surface area contributed by atoms with Gasteiger partial charge in [0, 0.05) is 12.4 Å². The summed E-state index contributed by atoms with van der Waals surface area (Å²) in [6.45, 7) is 1.49. The number of benzene rings is 1. The van der Waals surface area contributed by atoms with Crippen molar-refractivity contribution in [2.75, 3.05) is 5.32 Å². The van der Waals surface area contributed by atoms with Crippen molar-refractivity contribution in [3.63, 3.8) is 0 Å². The topological polar surface area (TPSA) is 110 Å². The molecule has 4 rings (SSSR count). The minimum atomic E-state index is -1.02. The zero-order valence-corrected chi connectivity index (χ0v) is 16.1. The predicted molar refractivity (Wildman–Crippen MR) is 102 cm³/mol. The van der Waals surface area contributed by atoms with Crippen LogP contribution in [0.3, 0.4) is 0 Å². The van der Waals surface area contributed by atoms with Crippen LogP contribution in [0.4, 0.5) is 5.82 Å². The number of nitrogens with one attached hydrogen (secondary N) is 1. The molecule has 10 heteroatoms. The van der Waals surface area contributed by atoms with Gasteiger partial charge in [-0.3, -0.25) is 19.3 Å². The van der Waals surface area contributed by atoms with Crippen molar-refractivity contribution >= 4 is 39.5 Å². The summed E-state index contributed by atoms with van der Waals surface area (Å²) in [5, 5.41) is 6.86. The maximum Gasteiger partial charge on any atom is 0.262 e. The van der Waals surface area contributed by atoms with Gasteiger partial charge in [-0.15, -0.1) is 5.10 Å². The Morgan fingerprint density at radius 1 is 1.07 bits per heavy atom.